The van der Waals surface area contributed by atoms with Crippen molar-refractivity contribution >= 4 is 0 Å². The summed E-state index contributed by atoms with van der Waals surface area (Å²) in [5.74, 6) is 2.30. The van der Waals surface area contributed by atoms with Crippen molar-refractivity contribution in [3.63, 3.8) is 0 Å². The van der Waals surface area contributed by atoms with Gasteiger partial charge in [-0.25, -0.2) is 9.97 Å². The van der Waals surface area contributed by atoms with E-state index in [0.717, 1.165) is 42.4 Å². The largest absolute Gasteiger partial charge is 0.489 e. The number of hydrogen-bond acceptors (Lipinski definition) is 3. The first kappa shape index (κ1) is 9.44. The third-order valence-electron chi connectivity index (χ3n) is 2.46. The lowest BCUT2D eigenvalue weighted by molar-refractivity contribution is 0.350. The van der Waals surface area contributed by atoms with Gasteiger partial charge in [0, 0.05) is 12.8 Å². The van der Waals surface area contributed by atoms with Crippen molar-refractivity contribution in [1.29, 1.82) is 0 Å². The summed E-state index contributed by atoms with van der Waals surface area (Å²) in [6, 6.07) is 0. The summed E-state index contributed by atoms with van der Waals surface area (Å²) in [5.41, 5.74) is 2.17. The van der Waals surface area contributed by atoms with E-state index >= 15 is 0 Å². The minimum absolute atomic E-state index is 0.412. The molecule has 0 N–H and O–H groups in total. The van der Waals surface area contributed by atoms with Gasteiger partial charge in [-0.1, -0.05) is 20.8 Å². The molecule has 1 aliphatic heterocycles. The Bertz CT molecular complexity index is 347. The topological polar surface area (TPSA) is 35.0 Å². The Morgan fingerprint density at radius 2 is 2.14 bits per heavy atom. The molecule has 0 saturated heterocycles. The van der Waals surface area contributed by atoms with Crippen LogP contribution in [0.4, 0.5) is 0 Å². The molecule has 3 heteroatoms. The minimum atomic E-state index is 0.412. The molecule has 0 amide bonds. The first-order valence-electron chi connectivity index (χ1n) is 5.24. The first-order chi connectivity index (χ1) is 6.72. The molecule has 2 rings (SSSR count). The van der Waals surface area contributed by atoms with E-state index in [0.29, 0.717) is 5.92 Å². The number of fused-ring (bicyclic) bond motifs is 1. The van der Waals surface area contributed by atoms with Crippen molar-refractivity contribution in [2.75, 3.05) is 6.61 Å². The molecule has 0 saturated carbocycles. The van der Waals surface area contributed by atoms with Gasteiger partial charge in [-0.15, -0.1) is 0 Å². The van der Waals surface area contributed by atoms with Crippen LogP contribution in [0.5, 0.6) is 5.75 Å². The zero-order valence-corrected chi connectivity index (χ0v) is 9.00. The van der Waals surface area contributed by atoms with Gasteiger partial charge in [-0.05, 0) is 5.92 Å². The summed E-state index contributed by atoms with van der Waals surface area (Å²) < 4.78 is 5.57. The summed E-state index contributed by atoms with van der Waals surface area (Å²) in [5, 5.41) is 0. The SMILES string of the molecule is CCc1nc2c(c(C(C)C)n1)OCC2. The first-order valence-corrected chi connectivity index (χ1v) is 5.24. The lowest BCUT2D eigenvalue weighted by Crippen LogP contribution is -2.03. The van der Waals surface area contributed by atoms with Crippen molar-refractivity contribution in [3.05, 3.63) is 17.2 Å². The summed E-state index contributed by atoms with van der Waals surface area (Å²) in [6.07, 6.45) is 1.83. The molecule has 0 atom stereocenters. The predicted octanol–water partition coefficient (Wildman–Crippen LogP) is 2.10. The van der Waals surface area contributed by atoms with E-state index < -0.39 is 0 Å². The molecule has 0 spiro atoms. The smallest absolute Gasteiger partial charge is 0.162 e. The highest BCUT2D eigenvalue weighted by Gasteiger charge is 2.21. The van der Waals surface area contributed by atoms with E-state index in [9.17, 15) is 0 Å². The van der Waals surface area contributed by atoms with Gasteiger partial charge in [-0.3, -0.25) is 0 Å². The van der Waals surface area contributed by atoms with Crippen LogP contribution in [0.1, 0.15) is 43.9 Å². The summed E-state index contributed by atoms with van der Waals surface area (Å²) in [4.78, 5) is 9.00. The molecule has 2 heterocycles. The number of aryl methyl sites for hydroxylation is 1. The van der Waals surface area contributed by atoms with Crippen molar-refractivity contribution in [1.82, 2.24) is 9.97 Å². The molecule has 0 bridgehead atoms. The molecule has 1 aliphatic rings. The number of rotatable bonds is 2. The minimum Gasteiger partial charge on any atom is -0.489 e. The Morgan fingerprint density at radius 3 is 2.79 bits per heavy atom. The second-order valence-electron chi connectivity index (χ2n) is 3.91. The molecular weight excluding hydrogens is 176 g/mol. The molecule has 76 valence electrons. The zero-order chi connectivity index (χ0) is 10.1. The van der Waals surface area contributed by atoms with Crippen LogP contribution < -0.4 is 4.74 Å². The van der Waals surface area contributed by atoms with Crippen LogP contribution >= 0.6 is 0 Å². The van der Waals surface area contributed by atoms with Gasteiger partial charge >= 0.3 is 0 Å². The Labute approximate surface area is 84.5 Å². The number of nitrogens with zero attached hydrogens (tertiary/aromatic N) is 2. The van der Waals surface area contributed by atoms with Gasteiger partial charge in [0.25, 0.3) is 0 Å². The van der Waals surface area contributed by atoms with E-state index in [4.69, 9.17) is 4.74 Å². The number of ether oxygens (including phenoxy) is 1. The Morgan fingerprint density at radius 1 is 1.36 bits per heavy atom. The van der Waals surface area contributed by atoms with Crippen molar-refractivity contribution in [3.8, 4) is 5.75 Å². The third-order valence-corrected chi connectivity index (χ3v) is 2.46. The quantitative estimate of drug-likeness (QED) is 0.719. The normalized spacial score (nSPS) is 14.3. The van der Waals surface area contributed by atoms with Crippen LogP contribution in [0.25, 0.3) is 0 Å². The van der Waals surface area contributed by atoms with Crippen LogP contribution in [0.2, 0.25) is 0 Å². The van der Waals surface area contributed by atoms with E-state index in [1.54, 1.807) is 0 Å². The van der Waals surface area contributed by atoms with Crippen molar-refractivity contribution < 1.29 is 4.74 Å². The Hall–Kier alpha value is -1.12. The molecule has 0 aliphatic carbocycles. The van der Waals surface area contributed by atoms with E-state index in [1.807, 2.05) is 0 Å². The average molecular weight is 192 g/mol. The highest BCUT2D eigenvalue weighted by Crippen LogP contribution is 2.31. The van der Waals surface area contributed by atoms with E-state index in [2.05, 4.69) is 30.7 Å². The van der Waals surface area contributed by atoms with Crippen LogP contribution in [-0.4, -0.2) is 16.6 Å². The molecule has 1 aromatic heterocycles. The fourth-order valence-corrected chi connectivity index (χ4v) is 1.70. The summed E-state index contributed by atoms with van der Waals surface area (Å²) >= 11 is 0. The lowest BCUT2D eigenvalue weighted by Gasteiger charge is -2.10. The molecule has 0 aromatic carbocycles. The van der Waals surface area contributed by atoms with Crippen LogP contribution in [0.15, 0.2) is 0 Å². The molecule has 0 radical (unpaired) electrons. The molecule has 3 nitrogen and oxygen atoms in total. The van der Waals surface area contributed by atoms with Crippen LogP contribution in [0.3, 0.4) is 0 Å². The second kappa shape index (κ2) is 3.56. The standard InChI is InChI=1S/C11H16N2O/c1-4-9-12-8-5-6-14-11(8)10(13-9)7(2)3/h7H,4-6H2,1-3H3. The highest BCUT2D eigenvalue weighted by molar-refractivity contribution is 5.37. The monoisotopic (exact) mass is 192 g/mol. The lowest BCUT2D eigenvalue weighted by atomic mass is 10.1. The number of hydrogen-bond donors (Lipinski definition) is 0. The Balaban J connectivity index is 2.52. The molecule has 1 aromatic rings. The fourth-order valence-electron chi connectivity index (χ4n) is 1.70. The zero-order valence-electron chi connectivity index (χ0n) is 9.00. The van der Waals surface area contributed by atoms with Gasteiger partial charge in [0.1, 0.15) is 5.82 Å². The van der Waals surface area contributed by atoms with E-state index in [1.165, 1.54) is 0 Å². The number of aromatic nitrogens is 2. The maximum Gasteiger partial charge on any atom is 0.162 e. The maximum absolute atomic E-state index is 5.57. The highest BCUT2D eigenvalue weighted by atomic mass is 16.5. The van der Waals surface area contributed by atoms with Gasteiger partial charge in [0.05, 0.1) is 18.0 Å². The van der Waals surface area contributed by atoms with Crippen molar-refractivity contribution in [2.45, 2.75) is 39.5 Å². The molecule has 14 heavy (non-hydrogen) atoms. The summed E-state index contributed by atoms with van der Waals surface area (Å²) in [6.45, 7) is 7.13. The van der Waals surface area contributed by atoms with Crippen LogP contribution in [0, 0.1) is 0 Å². The van der Waals surface area contributed by atoms with Gasteiger partial charge in [-0.2, -0.15) is 0 Å². The van der Waals surface area contributed by atoms with Gasteiger partial charge in [0.15, 0.2) is 5.75 Å². The second-order valence-corrected chi connectivity index (χ2v) is 3.91. The van der Waals surface area contributed by atoms with Gasteiger partial charge < -0.3 is 4.74 Å². The molecule has 0 unspecified atom stereocenters. The average Bonchev–Trinajstić information content (AvgIpc) is 2.63. The van der Waals surface area contributed by atoms with Crippen LogP contribution in [-0.2, 0) is 12.8 Å². The third kappa shape index (κ3) is 1.47. The molecular formula is C11H16N2O. The van der Waals surface area contributed by atoms with Gasteiger partial charge in [0.2, 0.25) is 0 Å². The predicted molar refractivity (Wildman–Crippen MR) is 54.7 cm³/mol. The Kier molecular flexibility index (Phi) is 2.40. The fraction of sp³-hybridized carbons (Fsp3) is 0.636. The maximum atomic E-state index is 5.57. The van der Waals surface area contributed by atoms with Crippen molar-refractivity contribution in [2.24, 2.45) is 0 Å². The summed E-state index contributed by atoms with van der Waals surface area (Å²) in [7, 11) is 0. The molecule has 0 fully saturated rings. The van der Waals surface area contributed by atoms with E-state index in [-0.39, 0.29) is 0 Å².